The molecule has 0 aliphatic carbocycles. The van der Waals surface area contributed by atoms with Crippen LogP contribution >= 0.6 is 11.6 Å². The third-order valence-electron chi connectivity index (χ3n) is 2.96. The summed E-state index contributed by atoms with van der Waals surface area (Å²) < 4.78 is 0. The maximum Gasteiger partial charge on any atom is 0.234 e. The Morgan fingerprint density at radius 3 is 2.61 bits per heavy atom. The molecule has 100 valence electrons. The molecular formula is C14H21ClN2O. The van der Waals surface area contributed by atoms with Crippen LogP contribution in [0.25, 0.3) is 0 Å². The fraction of sp³-hybridized carbons (Fsp3) is 0.500. The van der Waals surface area contributed by atoms with Gasteiger partial charge in [-0.2, -0.15) is 0 Å². The van der Waals surface area contributed by atoms with Crippen molar-refractivity contribution in [2.45, 2.75) is 39.3 Å². The third kappa shape index (κ3) is 4.67. The lowest BCUT2D eigenvalue weighted by Gasteiger charge is -2.17. The van der Waals surface area contributed by atoms with Crippen molar-refractivity contribution in [1.82, 2.24) is 10.6 Å². The fourth-order valence-corrected chi connectivity index (χ4v) is 1.91. The van der Waals surface area contributed by atoms with E-state index in [9.17, 15) is 4.79 Å². The summed E-state index contributed by atoms with van der Waals surface area (Å²) in [7, 11) is 0. The van der Waals surface area contributed by atoms with Crippen LogP contribution in [0.2, 0.25) is 5.02 Å². The maximum absolute atomic E-state index is 11.6. The van der Waals surface area contributed by atoms with E-state index in [1.807, 2.05) is 45.0 Å². The average molecular weight is 269 g/mol. The van der Waals surface area contributed by atoms with Gasteiger partial charge in [0.15, 0.2) is 0 Å². The molecular weight excluding hydrogens is 248 g/mol. The predicted molar refractivity (Wildman–Crippen MR) is 75.8 cm³/mol. The summed E-state index contributed by atoms with van der Waals surface area (Å²) in [5, 5.41) is 6.81. The van der Waals surface area contributed by atoms with Crippen molar-refractivity contribution >= 4 is 17.5 Å². The summed E-state index contributed by atoms with van der Waals surface area (Å²) in [6.07, 6.45) is 0.936. The van der Waals surface area contributed by atoms with Crippen molar-refractivity contribution in [2.24, 2.45) is 0 Å². The first-order valence-corrected chi connectivity index (χ1v) is 6.69. The number of hydrogen-bond acceptors (Lipinski definition) is 2. The highest BCUT2D eigenvalue weighted by molar-refractivity contribution is 6.31. The Bertz CT molecular complexity index is 395. The smallest absolute Gasteiger partial charge is 0.234 e. The number of carbonyl (C=O) groups excluding carboxylic acids is 1. The molecule has 1 unspecified atom stereocenters. The molecule has 0 fully saturated rings. The van der Waals surface area contributed by atoms with Gasteiger partial charge in [-0.3, -0.25) is 4.79 Å². The highest BCUT2D eigenvalue weighted by Gasteiger charge is 2.11. The second-order valence-electron chi connectivity index (χ2n) is 4.50. The van der Waals surface area contributed by atoms with E-state index < -0.39 is 0 Å². The number of halogens is 1. The fourth-order valence-electron chi connectivity index (χ4n) is 1.61. The molecule has 0 radical (unpaired) electrons. The van der Waals surface area contributed by atoms with Gasteiger partial charge in [0.2, 0.25) is 5.91 Å². The lowest BCUT2D eigenvalue weighted by Crippen LogP contribution is -2.39. The maximum atomic E-state index is 11.6. The molecule has 1 aromatic carbocycles. The lowest BCUT2D eigenvalue weighted by atomic mass is 10.1. The van der Waals surface area contributed by atoms with Gasteiger partial charge in [0.25, 0.3) is 0 Å². The van der Waals surface area contributed by atoms with Crippen LogP contribution in [0, 0.1) is 0 Å². The number of benzene rings is 1. The molecule has 0 aliphatic rings. The van der Waals surface area contributed by atoms with Gasteiger partial charge in [-0.1, -0.05) is 36.7 Å². The second-order valence-corrected chi connectivity index (χ2v) is 4.91. The van der Waals surface area contributed by atoms with Crippen molar-refractivity contribution in [3.63, 3.8) is 0 Å². The first kappa shape index (κ1) is 15.0. The largest absolute Gasteiger partial charge is 0.353 e. The van der Waals surface area contributed by atoms with Crippen molar-refractivity contribution < 1.29 is 4.79 Å². The first-order valence-electron chi connectivity index (χ1n) is 6.31. The lowest BCUT2D eigenvalue weighted by molar-refractivity contribution is -0.120. The van der Waals surface area contributed by atoms with Gasteiger partial charge in [-0.25, -0.2) is 0 Å². The Hall–Kier alpha value is -1.06. The molecule has 0 spiro atoms. The zero-order chi connectivity index (χ0) is 13.5. The summed E-state index contributed by atoms with van der Waals surface area (Å²) in [5.74, 6) is 0.0169. The van der Waals surface area contributed by atoms with Gasteiger partial charge in [-0.05, 0) is 31.9 Å². The second kappa shape index (κ2) is 7.39. The van der Waals surface area contributed by atoms with Crippen LogP contribution in [0.3, 0.4) is 0 Å². The van der Waals surface area contributed by atoms with Crippen LogP contribution in [0.1, 0.15) is 38.8 Å². The zero-order valence-corrected chi connectivity index (χ0v) is 11.9. The summed E-state index contributed by atoms with van der Waals surface area (Å²) >= 11 is 6.10. The van der Waals surface area contributed by atoms with E-state index in [4.69, 9.17) is 11.6 Å². The number of amides is 1. The van der Waals surface area contributed by atoms with Gasteiger partial charge < -0.3 is 10.6 Å². The molecule has 0 aromatic heterocycles. The molecule has 0 heterocycles. The average Bonchev–Trinajstić information content (AvgIpc) is 2.36. The van der Waals surface area contributed by atoms with Crippen LogP contribution < -0.4 is 10.6 Å². The highest BCUT2D eigenvalue weighted by atomic mass is 35.5. The van der Waals surface area contributed by atoms with E-state index >= 15 is 0 Å². The zero-order valence-electron chi connectivity index (χ0n) is 11.2. The Balaban J connectivity index is 2.44. The molecule has 3 nitrogen and oxygen atoms in total. The van der Waals surface area contributed by atoms with Crippen molar-refractivity contribution in [2.75, 3.05) is 6.54 Å². The van der Waals surface area contributed by atoms with Gasteiger partial charge in [0.1, 0.15) is 0 Å². The van der Waals surface area contributed by atoms with Crippen molar-refractivity contribution in [3.05, 3.63) is 34.9 Å². The molecule has 0 saturated heterocycles. The minimum Gasteiger partial charge on any atom is -0.353 e. The molecule has 2 N–H and O–H groups in total. The van der Waals surface area contributed by atoms with Crippen LogP contribution in [0.15, 0.2) is 24.3 Å². The number of carbonyl (C=O) groups is 1. The Kier molecular flexibility index (Phi) is 6.16. The van der Waals surface area contributed by atoms with E-state index in [2.05, 4.69) is 10.6 Å². The normalized spacial score (nSPS) is 14.0. The van der Waals surface area contributed by atoms with Crippen LogP contribution in [0.5, 0.6) is 0 Å². The highest BCUT2D eigenvalue weighted by Crippen LogP contribution is 2.21. The van der Waals surface area contributed by atoms with Crippen LogP contribution in [-0.2, 0) is 4.79 Å². The summed E-state index contributed by atoms with van der Waals surface area (Å²) in [6.45, 7) is 6.34. The molecule has 1 amide bonds. The van der Waals surface area contributed by atoms with E-state index in [1.54, 1.807) is 0 Å². The minimum absolute atomic E-state index is 0.0169. The van der Waals surface area contributed by atoms with Crippen LogP contribution in [-0.4, -0.2) is 18.5 Å². The van der Waals surface area contributed by atoms with Crippen LogP contribution in [0.4, 0.5) is 0 Å². The monoisotopic (exact) mass is 268 g/mol. The van der Waals surface area contributed by atoms with Crippen molar-refractivity contribution in [1.29, 1.82) is 0 Å². The SMILES string of the molecule is CCC(C)NC(=O)CN[C@H](C)c1ccccc1Cl. The van der Waals surface area contributed by atoms with E-state index in [0.717, 1.165) is 17.0 Å². The summed E-state index contributed by atoms with van der Waals surface area (Å²) in [5.41, 5.74) is 1.01. The van der Waals surface area contributed by atoms with Gasteiger partial charge in [0.05, 0.1) is 6.54 Å². The minimum atomic E-state index is 0.0169. The van der Waals surface area contributed by atoms with Gasteiger partial charge in [-0.15, -0.1) is 0 Å². The van der Waals surface area contributed by atoms with Gasteiger partial charge in [0, 0.05) is 17.1 Å². The predicted octanol–water partition coefficient (Wildman–Crippen LogP) is 2.91. The molecule has 1 rings (SSSR count). The topological polar surface area (TPSA) is 41.1 Å². The quantitative estimate of drug-likeness (QED) is 0.833. The molecule has 0 bridgehead atoms. The standard InChI is InChI=1S/C14H21ClN2O/c1-4-10(2)17-14(18)9-16-11(3)12-7-5-6-8-13(12)15/h5-8,10-11,16H,4,9H2,1-3H3,(H,17,18)/t10?,11-/m1/s1. The van der Waals surface area contributed by atoms with Crippen molar-refractivity contribution in [3.8, 4) is 0 Å². The molecule has 18 heavy (non-hydrogen) atoms. The van der Waals surface area contributed by atoms with Gasteiger partial charge >= 0.3 is 0 Å². The summed E-state index contributed by atoms with van der Waals surface area (Å²) in [6, 6.07) is 7.93. The number of hydrogen-bond donors (Lipinski definition) is 2. The number of nitrogens with one attached hydrogen (secondary N) is 2. The number of rotatable bonds is 6. The van der Waals surface area contributed by atoms with E-state index in [0.29, 0.717) is 6.54 Å². The Labute approximate surface area is 114 Å². The Morgan fingerprint density at radius 2 is 2.00 bits per heavy atom. The molecule has 0 saturated carbocycles. The molecule has 4 heteroatoms. The summed E-state index contributed by atoms with van der Waals surface area (Å²) in [4.78, 5) is 11.6. The van der Waals surface area contributed by atoms with E-state index in [1.165, 1.54) is 0 Å². The third-order valence-corrected chi connectivity index (χ3v) is 3.30. The molecule has 2 atom stereocenters. The molecule has 0 aliphatic heterocycles. The molecule has 1 aromatic rings. The first-order chi connectivity index (χ1) is 8.54. The Morgan fingerprint density at radius 1 is 1.33 bits per heavy atom. The van der Waals surface area contributed by atoms with E-state index in [-0.39, 0.29) is 18.0 Å².